The minimum absolute atomic E-state index is 0. The molecule has 0 heterocycles. The van der Waals surface area contributed by atoms with Crippen LogP contribution in [0.3, 0.4) is 0 Å². The summed E-state index contributed by atoms with van der Waals surface area (Å²) in [7, 11) is 0. The summed E-state index contributed by atoms with van der Waals surface area (Å²) in [6.45, 7) is 0. The standard InChI is InChI=1S/C13H10O.Ca.2H/c14-13(11-7-3-1-4-8-11)12-9-5-2-6-10-12;;;/h1-10H;;;. The quantitative estimate of drug-likeness (QED) is 0.563. The van der Waals surface area contributed by atoms with Gasteiger partial charge in [0.25, 0.3) is 0 Å². The number of ketones is 1. The molecule has 2 aromatic carbocycles. The van der Waals surface area contributed by atoms with Gasteiger partial charge in [-0.3, -0.25) is 4.79 Å². The Morgan fingerprint density at radius 1 is 0.667 bits per heavy atom. The topological polar surface area (TPSA) is 17.1 Å². The summed E-state index contributed by atoms with van der Waals surface area (Å²) < 4.78 is 0. The summed E-state index contributed by atoms with van der Waals surface area (Å²) in [6, 6.07) is 18.6. The molecule has 0 saturated carbocycles. The molecular formula is C13H12CaO. The molecule has 0 aliphatic carbocycles. The first kappa shape index (κ1) is 12.4. The van der Waals surface area contributed by atoms with Crippen LogP contribution in [0, 0.1) is 0 Å². The van der Waals surface area contributed by atoms with Gasteiger partial charge in [0.05, 0.1) is 0 Å². The van der Waals surface area contributed by atoms with Gasteiger partial charge in [-0.25, -0.2) is 0 Å². The summed E-state index contributed by atoms with van der Waals surface area (Å²) in [6.07, 6.45) is 0. The Bertz CT molecular complexity index is 381. The summed E-state index contributed by atoms with van der Waals surface area (Å²) in [5.74, 6) is 0.0752. The third-order valence-corrected chi connectivity index (χ3v) is 2.07. The van der Waals surface area contributed by atoms with Gasteiger partial charge >= 0.3 is 37.7 Å². The summed E-state index contributed by atoms with van der Waals surface area (Å²) >= 11 is 0. The Hall–Kier alpha value is -0.630. The molecule has 0 fully saturated rings. The fourth-order valence-electron chi connectivity index (χ4n) is 1.35. The van der Waals surface area contributed by atoms with Crippen molar-refractivity contribution in [3.8, 4) is 0 Å². The predicted molar refractivity (Wildman–Crippen MR) is 64.9 cm³/mol. The third kappa shape index (κ3) is 3.16. The monoisotopic (exact) mass is 224 g/mol. The second-order valence-electron chi connectivity index (χ2n) is 3.06. The zero-order valence-electron chi connectivity index (χ0n) is 7.68. The van der Waals surface area contributed by atoms with Crippen molar-refractivity contribution in [1.82, 2.24) is 0 Å². The van der Waals surface area contributed by atoms with Gasteiger partial charge in [0.1, 0.15) is 0 Å². The number of hydrogen-bond acceptors (Lipinski definition) is 1. The van der Waals surface area contributed by atoms with Gasteiger partial charge in [-0.2, -0.15) is 0 Å². The van der Waals surface area contributed by atoms with E-state index in [-0.39, 0.29) is 43.5 Å². The molecule has 0 atom stereocenters. The first-order valence-electron chi connectivity index (χ1n) is 4.53. The van der Waals surface area contributed by atoms with Crippen molar-refractivity contribution in [3.05, 3.63) is 71.8 Å². The van der Waals surface area contributed by atoms with Crippen LogP contribution in [0.15, 0.2) is 60.7 Å². The van der Waals surface area contributed by atoms with Crippen molar-refractivity contribution in [2.45, 2.75) is 0 Å². The molecule has 0 radical (unpaired) electrons. The zero-order valence-corrected chi connectivity index (χ0v) is 7.68. The van der Waals surface area contributed by atoms with Gasteiger partial charge in [0, 0.05) is 11.1 Å². The van der Waals surface area contributed by atoms with E-state index in [0.717, 1.165) is 11.1 Å². The van der Waals surface area contributed by atoms with Gasteiger partial charge < -0.3 is 0 Å². The van der Waals surface area contributed by atoms with Gasteiger partial charge in [-0.1, -0.05) is 60.7 Å². The van der Waals surface area contributed by atoms with E-state index in [1.165, 1.54) is 0 Å². The molecule has 2 rings (SSSR count). The molecule has 2 heteroatoms. The molecular weight excluding hydrogens is 212 g/mol. The van der Waals surface area contributed by atoms with Crippen molar-refractivity contribution in [2.24, 2.45) is 0 Å². The molecule has 0 N–H and O–H groups in total. The average molecular weight is 224 g/mol. The molecule has 0 aliphatic heterocycles. The van der Waals surface area contributed by atoms with Crippen LogP contribution in [0.25, 0.3) is 0 Å². The molecule has 0 amide bonds. The van der Waals surface area contributed by atoms with Crippen LogP contribution in [0.4, 0.5) is 0 Å². The van der Waals surface area contributed by atoms with Crippen LogP contribution in [0.2, 0.25) is 0 Å². The SMILES string of the molecule is O=C(c1ccccc1)c1ccccc1.[CaH2]. The van der Waals surface area contributed by atoms with Crippen molar-refractivity contribution in [2.75, 3.05) is 0 Å². The molecule has 2 aromatic rings. The molecule has 0 unspecified atom stereocenters. The Morgan fingerprint density at radius 2 is 1.00 bits per heavy atom. The first-order valence-corrected chi connectivity index (χ1v) is 4.53. The van der Waals surface area contributed by atoms with Crippen LogP contribution < -0.4 is 0 Å². The first-order chi connectivity index (χ1) is 6.88. The summed E-state index contributed by atoms with van der Waals surface area (Å²) in [5.41, 5.74) is 1.47. The van der Waals surface area contributed by atoms with Crippen molar-refractivity contribution in [1.29, 1.82) is 0 Å². The van der Waals surface area contributed by atoms with Crippen molar-refractivity contribution >= 4 is 43.5 Å². The number of rotatable bonds is 2. The Balaban J connectivity index is 0.00000112. The summed E-state index contributed by atoms with van der Waals surface area (Å²) in [4.78, 5) is 11.8. The molecule has 0 saturated heterocycles. The van der Waals surface area contributed by atoms with E-state index in [9.17, 15) is 4.79 Å². The van der Waals surface area contributed by atoms with E-state index in [1.807, 2.05) is 60.7 Å². The molecule has 0 aliphatic rings. The Morgan fingerprint density at radius 3 is 1.33 bits per heavy atom. The fourth-order valence-corrected chi connectivity index (χ4v) is 1.35. The van der Waals surface area contributed by atoms with Gasteiger partial charge in [-0.05, 0) is 0 Å². The molecule has 0 aromatic heterocycles. The maximum absolute atomic E-state index is 11.8. The number of carbonyl (C=O) groups is 1. The molecule has 0 bridgehead atoms. The number of hydrogen-bond donors (Lipinski definition) is 0. The van der Waals surface area contributed by atoms with Gasteiger partial charge in [0.2, 0.25) is 0 Å². The molecule has 15 heavy (non-hydrogen) atoms. The number of carbonyl (C=O) groups excluding carboxylic acids is 1. The zero-order chi connectivity index (χ0) is 9.80. The van der Waals surface area contributed by atoms with E-state index >= 15 is 0 Å². The minimum atomic E-state index is 0. The van der Waals surface area contributed by atoms with Crippen LogP contribution in [0.5, 0.6) is 0 Å². The molecule has 0 spiro atoms. The van der Waals surface area contributed by atoms with Crippen LogP contribution in [-0.4, -0.2) is 43.5 Å². The Labute approximate surface area is 119 Å². The van der Waals surface area contributed by atoms with Gasteiger partial charge in [0.15, 0.2) is 5.78 Å². The molecule has 72 valence electrons. The normalized spacial score (nSPS) is 9.07. The molecule has 1 nitrogen and oxygen atoms in total. The van der Waals surface area contributed by atoms with Crippen LogP contribution >= 0.6 is 0 Å². The predicted octanol–water partition coefficient (Wildman–Crippen LogP) is 2.00. The summed E-state index contributed by atoms with van der Waals surface area (Å²) in [5, 5.41) is 0. The average Bonchev–Trinajstić information content (AvgIpc) is 2.30. The van der Waals surface area contributed by atoms with E-state index in [1.54, 1.807) is 0 Å². The van der Waals surface area contributed by atoms with E-state index in [2.05, 4.69) is 0 Å². The van der Waals surface area contributed by atoms with Gasteiger partial charge in [-0.15, -0.1) is 0 Å². The van der Waals surface area contributed by atoms with E-state index < -0.39 is 0 Å². The van der Waals surface area contributed by atoms with Crippen LogP contribution in [0.1, 0.15) is 15.9 Å². The third-order valence-electron chi connectivity index (χ3n) is 2.07. The van der Waals surface area contributed by atoms with Crippen molar-refractivity contribution in [3.63, 3.8) is 0 Å². The van der Waals surface area contributed by atoms with E-state index in [0.29, 0.717) is 0 Å². The Kier molecular flexibility index (Phi) is 5.03. The van der Waals surface area contributed by atoms with E-state index in [4.69, 9.17) is 0 Å². The maximum atomic E-state index is 11.8. The van der Waals surface area contributed by atoms with Crippen LogP contribution in [-0.2, 0) is 0 Å². The second kappa shape index (κ2) is 6.06. The van der Waals surface area contributed by atoms with Crippen molar-refractivity contribution < 1.29 is 4.79 Å². The fraction of sp³-hybridized carbons (Fsp3) is 0. The second-order valence-corrected chi connectivity index (χ2v) is 3.06. The number of benzene rings is 2.